The van der Waals surface area contributed by atoms with Gasteiger partial charge in [0.1, 0.15) is 12.4 Å². The van der Waals surface area contributed by atoms with Crippen LogP contribution in [0.2, 0.25) is 0 Å². The molecule has 0 aliphatic heterocycles. The van der Waals surface area contributed by atoms with Gasteiger partial charge in [0, 0.05) is 0 Å². The third kappa shape index (κ3) is 6.76. The first-order valence-corrected chi connectivity index (χ1v) is 5.96. The van der Waals surface area contributed by atoms with Crippen molar-refractivity contribution >= 4 is 5.97 Å². The summed E-state index contributed by atoms with van der Waals surface area (Å²) in [6.45, 7) is 1.50. The van der Waals surface area contributed by atoms with Crippen LogP contribution < -0.4 is 0 Å². The van der Waals surface area contributed by atoms with E-state index in [9.17, 15) is 4.79 Å². The summed E-state index contributed by atoms with van der Waals surface area (Å²) in [6, 6.07) is 5.82. The number of aromatic hydroxyl groups is 1. The zero-order valence-corrected chi connectivity index (χ0v) is 10.6. The first-order valence-electron chi connectivity index (χ1n) is 5.96. The van der Waals surface area contributed by atoms with Crippen molar-refractivity contribution in [1.82, 2.24) is 0 Å². The fourth-order valence-corrected chi connectivity index (χ4v) is 1.26. The molecule has 0 fully saturated rings. The molecule has 0 unspecified atom stereocenters. The van der Waals surface area contributed by atoms with Gasteiger partial charge in [0.15, 0.2) is 0 Å². The second kappa shape index (κ2) is 9.32. The van der Waals surface area contributed by atoms with Crippen LogP contribution in [-0.2, 0) is 14.2 Å². The van der Waals surface area contributed by atoms with Crippen LogP contribution in [0, 0.1) is 0 Å². The molecule has 1 aromatic carbocycles. The van der Waals surface area contributed by atoms with E-state index >= 15 is 0 Å². The summed E-state index contributed by atoms with van der Waals surface area (Å²) in [4.78, 5) is 11.5. The Hall–Kier alpha value is -1.63. The summed E-state index contributed by atoms with van der Waals surface area (Å²) in [5.74, 6) is -0.358. The van der Waals surface area contributed by atoms with Gasteiger partial charge in [0.25, 0.3) is 0 Å². The standard InChI is InChI=1S/C13H18O6/c14-5-6-17-7-8-18-9-10-19-13(16)11-1-3-12(15)4-2-11/h1-4,14-15H,5-10H2. The topological polar surface area (TPSA) is 85.2 Å². The molecule has 0 spiro atoms. The van der Waals surface area contributed by atoms with Crippen molar-refractivity contribution in [3.63, 3.8) is 0 Å². The Kier molecular flexibility index (Phi) is 7.57. The number of aliphatic hydroxyl groups excluding tert-OH is 1. The van der Waals surface area contributed by atoms with E-state index < -0.39 is 5.97 Å². The Morgan fingerprint density at radius 2 is 1.53 bits per heavy atom. The molecule has 106 valence electrons. The highest BCUT2D eigenvalue weighted by molar-refractivity contribution is 5.89. The van der Waals surface area contributed by atoms with Crippen molar-refractivity contribution in [2.45, 2.75) is 0 Å². The van der Waals surface area contributed by atoms with E-state index in [1.54, 1.807) is 0 Å². The number of hydrogen-bond acceptors (Lipinski definition) is 6. The summed E-state index contributed by atoms with van der Waals surface area (Å²) in [5, 5.41) is 17.5. The SMILES string of the molecule is O=C(OCCOCCOCCO)c1ccc(O)cc1. The molecule has 2 N–H and O–H groups in total. The molecule has 0 aliphatic rings. The number of ether oxygens (including phenoxy) is 3. The molecule has 0 amide bonds. The van der Waals surface area contributed by atoms with Gasteiger partial charge in [-0.1, -0.05) is 0 Å². The maximum Gasteiger partial charge on any atom is 0.338 e. The maximum atomic E-state index is 11.5. The smallest absolute Gasteiger partial charge is 0.338 e. The fourth-order valence-electron chi connectivity index (χ4n) is 1.26. The summed E-state index contributed by atoms with van der Waals surface area (Å²) in [5.41, 5.74) is 0.379. The highest BCUT2D eigenvalue weighted by atomic mass is 16.6. The van der Waals surface area contributed by atoms with Gasteiger partial charge in [-0.3, -0.25) is 0 Å². The lowest BCUT2D eigenvalue weighted by atomic mass is 10.2. The lowest BCUT2D eigenvalue weighted by Crippen LogP contribution is -2.13. The number of hydrogen-bond donors (Lipinski definition) is 2. The first kappa shape index (κ1) is 15.4. The van der Waals surface area contributed by atoms with Crippen molar-refractivity contribution in [2.24, 2.45) is 0 Å². The Morgan fingerprint density at radius 1 is 0.947 bits per heavy atom. The first-order chi connectivity index (χ1) is 9.24. The van der Waals surface area contributed by atoms with E-state index in [2.05, 4.69) is 0 Å². The molecule has 0 saturated carbocycles. The van der Waals surface area contributed by atoms with Crippen LogP contribution in [0.25, 0.3) is 0 Å². The van der Waals surface area contributed by atoms with Gasteiger partial charge in [0.2, 0.25) is 0 Å². The molecule has 0 aromatic heterocycles. The number of phenols is 1. The Labute approximate surface area is 111 Å². The number of carbonyl (C=O) groups is 1. The number of rotatable bonds is 9. The highest BCUT2D eigenvalue weighted by Gasteiger charge is 2.06. The Morgan fingerprint density at radius 3 is 2.16 bits per heavy atom. The monoisotopic (exact) mass is 270 g/mol. The number of carbonyl (C=O) groups excluding carboxylic acids is 1. The molecule has 6 nitrogen and oxygen atoms in total. The molecule has 0 aliphatic carbocycles. The summed E-state index contributed by atoms with van der Waals surface area (Å²) in [7, 11) is 0. The average molecular weight is 270 g/mol. The van der Waals surface area contributed by atoms with Gasteiger partial charge in [-0.15, -0.1) is 0 Å². The predicted octanol–water partition coefficient (Wildman–Crippen LogP) is 0.574. The van der Waals surface area contributed by atoms with Crippen molar-refractivity contribution < 1.29 is 29.2 Å². The molecular formula is C13H18O6. The zero-order chi connectivity index (χ0) is 13.9. The lowest BCUT2D eigenvalue weighted by Gasteiger charge is -2.06. The zero-order valence-electron chi connectivity index (χ0n) is 10.6. The number of phenolic OH excluding ortho intramolecular Hbond substituents is 1. The van der Waals surface area contributed by atoms with Crippen molar-refractivity contribution in [1.29, 1.82) is 0 Å². The normalized spacial score (nSPS) is 10.4. The summed E-state index contributed by atoms with van der Waals surface area (Å²) in [6.07, 6.45) is 0. The number of esters is 1. The molecule has 0 saturated heterocycles. The summed E-state index contributed by atoms with van der Waals surface area (Å²) >= 11 is 0. The molecule has 0 bridgehead atoms. The van der Waals surface area contributed by atoms with E-state index in [4.69, 9.17) is 24.4 Å². The van der Waals surface area contributed by atoms with Gasteiger partial charge < -0.3 is 24.4 Å². The molecule has 1 rings (SSSR count). The van der Waals surface area contributed by atoms with E-state index in [-0.39, 0.29) is 25.6 Å². The van der Waals surface area contributed by atoms with Gasteiger partial charge in [0.05, 0.1) is 38.6 Å². The second-order valence-electron chi connectivity index (χ2n) is 3.63. The van der Waals surface area contributed by atoms with E-state index in [1.165, 1.54) is 24.3 Å². The quantitative estimate of drug-likeness (QED) is 0.504. The molecule has 0 atom stereocenters. The Bertz CT molecular complexity index is 362. The van der Waals surface area contributed by atoms with Gasteiger partial charge in [-0.05, 0) is 24.3 Å². The predicted molar refractivity (Wildman–Crippen MR) is 67.1 cm³/mol. The van der Waals surface area contributed by atoms with E-state index in [1.807, 2.05) is 0 Å². The minimum Gasteiger partial charge on any atom is -0.508 e. The molecular weight excluding hydrogens is 252 g/mol. The van der Waals surface area contributed by atoms with Crippen LogP contribution in [0.3, 0.4) is 0 Å². The number of benzene rings is 1. The molecule has 0 heterocycles. The van der Waals surface area contributed by atoms with Crippen LogP contribution in [0.15, 0.2) is 24.3 Å². The molecule has 1 aromatic rings. The van der Waals surface area contributed by atoms with Gasteiger partial charge >= 0.3 is 5.97 Å². The number of aliphatic hydroxyl groups is 1. The molecule has 6 heteroatoms. The van der Waals surface area contributed by atoms with Crippen molar-refractivity contribution in [3.8, 4) is 5.75 Å². The maximum absolute atomic E-state index is 11.5. The summed E-state index contributed by atoms with van der Waals surface area (Å²) < 4.78 is 15.1. The van der Waals surface area contributed by atoms with Crippen LogP contribution in [0.1, 0.15) is 10.4 Å². The van der Waals surface area contributed by atoms with Crippen molar-refractivity contribution in [2.75, 3.05) is 39.6 Å². The minimum atomic E-state index is -0.458. The van der Waals surface area contributed by atoms with E-state index in [0.29, 0.717) is 25.4 Å². The lowest BCUT2D eigenvalue weighted by molar-refractivity contribution is 0.00920. The van der Waals surface area contributed by atoms with Gasteiger partial charge in [-0.25, -0.2) is 4.79 Å². The third-order valence-corrected chi connectivity index (χ3v) is 2.17. The molecule has 19 heavy (non-hydrogen) atoms. The third-order valence-electron chi connectivity index (χ3n) is 2.17. The van der Waals surface area contributed by atoms with Gasteiger partial charge in [-0.2, -0.15) is 0 Å². The molecule has 0 radical (unpaired) electrons. The fraction of sp³-hybridized carbons (Fsp3) is 0.462. The highest BCUT2D eigenvalue weighted by Crippen LogP contribution is 2.10. The minimum absolute atomic E-state index is 0.00968. The Balaban J connectivity index is 2.06. The van der Waals surface area contributed by atoms with Crippen LogP contribution in [-0.4, -0.2) is 55.8 Å². The largest absolute Gasteiger partial charge is 0.508 e. The second-order valence-corrected chi connectivity index (χ2v) is 3.63. The van der Waals surface area contributed by atoms with Crippen LogP contribution in [0.5, 0.6) is 5.75 Å². The van der Waals surface area contributed by atoms with Crippen molar-refractivity contribution in [3.05, 3.63) is 29.8 Å². The average Bonchev–Trinajstić information content (AvgIpc) is 2.42. The van der Waals surface area contributed by atoms with E-state index in [0.717, 1.165) is 0 Å². The van der Waals surface area contributed by atoms with Crippen LogP contribution in [0.4, 0.5) is 0 Å². The van der Waals surface area contributed by atoms with Crippen LogP contribution >= 0.6 is 0 Å².